The first-order valence-corrected chi connectivity index (χ1v) is 13.8. The normalized spacial score (nSPS) is 23.3. The fourth-order valence-electron chi connectivity index (χ4n) is 5.29. The number of pyridine rings is 1. The number of carbonyl (C=O) groups excluding carboxylic acids is 4. The number of nitrogens with one attached hydrogen (secondary N) is 3. The molecule has 2 aliphatic rings. The summed E-state index contributed by atoms with van der Waals surface area (Å²) in [5, 5.41) is 17.0. The largest absolute Gasteiger partial charge is 0.349 e. The van der Waals surface area contributed by atoms with Gasteiger partial charge in [0.05, 0.1) is 25.2 Å². The number of likely N-dealkylation sites (tertiary alicyclic amines) is 1. The highest BCUT2D eigenvalue weighted by Crippen LogP contribution is 2.28. The zero-order valence-electron chi connectivity index (χ0n) is 23.1. The van der Waals surface area contributed by atoms with Gasteiger partial charge >= 0.3 is 0 Å². The molecule has 3 aromatic rings. The van der Waals surface area contributed by atoms with Crippen LogP contribution in [0.4, 0.5) is 0 Å². The Morgan fingerprint density at radius 2 is 1.78 bits per heavy atom. The fourth-order valence-corrected chi connectivity index (χ4v) is 5.29. The van der Waals surface area contributed by atoms with Crippen LogP contribution < -0.4 is 16.0 Å². The third kappa shape index (κ3) is 6.59. The maximum Gasteiger partial charge on any atom is 0.243 e. The van der Waals surface area contributed by atoms with Gasteiger partial charge in [0.1, 0.15) is 23.8 Å². The number of nitrogens with zero attached hydrogens (tertiary/aromatic N) is 5. The monoisotopic (exact) mass is 558 g/mol. The average Bonchev–Trinajstić information content (AvgIpc) is 3.62. The molecule has 0 saturated carbocycles. The standard InChI is InChI=1S/C29H34N8O4/c1-18(2)26-29(41)32-23(11-19-7-4-3-5-8-19)27(39)31-15-21-16-37(35-34-21)22-13-24(28(40)33-26)36(17-22)25(38)12-20-9-6-10-30-14-20/h3-10,14,16,18,22-24,26H,11-13,15,17H2,1-2H3,(H,31,39)(H,32,41)(H,33,40)/t22-,23+,24-,26-/m0/s1. The molecular weight excluding hydrogens is 524 g/mol. The molecule has 12 heteroatoms. The molecule has 4 atom stereocenters. The molecule has 41 heavy (non-hydrogen) atoms. The quantitative estimate of drug-likeness (QED) is 0.414. The summed E-state index contributed by atoms with van der Waals surface area (Å²) in [6, 6.07) is 10.1. The summed E-state index contributed by atoms with van der Waals surface area (Å²) < 4.78 is 1.64. The Kier molecular flexibility index (Phi) is 8.37. The van der Waals surface area contributed by atoms with E-state index in [9.17, 15) is 19.2 Å². The van der Waals surface area contributed by atoms with Gasteiger partial charge in [-0.15, -0.1) is 5.10 Å². The van der Waals surface area contributed by atoms with Gasteiger partial charge in [0.15, 0.2) is 0 Å². The third-order valence-corrected chi connectivity index (χ3v) is 7.52. The van der Waals surface area contributed by atoms with Gasteiger partial charge in [-0.25, -0.2) is 4.68 Å². The molecule has 0 spiro atoms. The summed E-state index contributed by atoms with van der Waals surface area (Å²) >= 11 is 0. The van der Waals surface area contributed by atoms with Crippen molar-refractivity contribution in [1.82, 2.24) is 40.8 Å². The number of rotatable bonds is 5. The van der Waals surface area contributed by atoms with Crippen LogP contribution >= 0.6 is 0 Å². The van der Waals surface area contributed by atoms with Crippen molar-refractivity contribution >= 4 is 23.6 Å². The lowest BCUT2D eigenvalue weighted by Crippen LogP contribution is -2.58. The van der Waals surface area contributed by atoms with Crippen LogP contribution in [0.3, 0.4) is 0 Å². The van der Waals surface area contributed by atoms with E-state index >= 15 is 0 Å². The smallest absolute Gasteiger partial charge is 0.243 e. The Bertz CT molecular complexity index is 1390. The highest BCUT2D eigenvalue weighted by Gasteiger charge is 2.42. The van der Waals surface area contributed by atoms with Crippen LogP contribution in [0.2, 0.25) is 0 Å². The van der Waals surface area contributed by atoms with E-state index in [0.717, 1.165) is 11.1 Å². The number of carbonyl (C=O) groups is 4. The number of fused-ring (bicyclic) bond motifs is 5. The first-order chi connectivity index (χ1) is 19.8. The summed E-state index contributed by atoms with van der Waals surface area (Å²) in [5.74, 6) is -1.76. The van der Waals surface area contributed by atoms with Crippen molar-refractivity contribution < 1.29 is 19.2 Å². The molecule has 4 bridgehead atoms. The van der Waals surface area contributed by atoms with Gasteiger partial charge < -0.3 is 20.9 Å². The van der Waals surface area contributed by atoms with E-state index in [4.69, 9.17) is 0 Å². The molecule has 1 saturated heterocycles. The highest BCUT2D eigenvalue weighted by molar-refractivity contribution is 5.95. The molecule has 4 amide bonds. The molecule has 1 fully saturated rings. The summed E-state index contributed by atoms with van der Waals surface area (Å²) in [6.07, 6.45) is 5.65. The van der Waals surface area contributed by atoms with E-state index in [2.05, 4.69) is 31.2 Å². The Balaban J connectivity index is 1.44. The molecule has 0 radical (unpaired) electrons. The first-order valence-electron chi connectivity index (χ1n) is 13.8. The van der Waals surface area contributed by atoms with Crippen molar-refractivity contribution in [1.29, 1.82) is 0 Å². The Morgan fingerprint density at radius 1 is 1.00 bits per heavy atom. The van der Waals surface area contributed by atoms with Crippen molar-refractivity contribution in [3.63, 3.8) is 0 Å². The van der Waals surface area contributed by atoms with Crippen LogP contribution in [0.15, 0.2) is 61.1 Å². The third-order valence-electron chi connectivity index (χ3n) is 7.52. The minimum absolute atomic E-state index is 0.0915. The van der Waals surface area contributed by atoms with E-state index in [1.807, 2.05) is 50.2 Å². The highest BCUT2D eigenvalue weighted by atomic mass is 16.2. The van der Waals surface area contributed by atoms with Crippen molar-refractivity contribution in [3.05, 3.63) is 77.9 Å². The van der Waals surface area contributed by atoms with E-state index in [-0.39, 0.29) is 49.7 Å². The van der Waals surface area contributed by atoms with Gasteiger partial charge in [0.25, 0.3) is 0 Å². The van der Waals surface area contributed by atoms with E-state index < -0.39 is 29.9 Å². The molecule has 3 N–H and O–H groups in total. The zero-order valence-corrected chi connectivity index (χ0v) is 23.1. The maximum absolute atomic E-state index is 13.7. The zero-order chi connectivity index (χ0) is 28.9. The van der Waals surface area contributed by atoms with Gasteiger partial charge in [-0.3, -0.25) is 24.2 Å². The van der Waals surface area contributed by atoms with Crippen LogP contribution in [0.1, 0.15) is 43.1 Å². The van der Waals surface area contributed by atoms with Gasteiger partial charge in [-0.1, -0.05) is 55.5 Å². The van der Waals surface area contributed by atoms with Gasteiger partial charge in [-0.2, -0.15) is 0 Å². The van der Waals surface area contributed by atoms with E-state index in [1.165, 1.54) is 0 Å². The summed E-state index contributed by atoms with van der Waals surface area (Å²) in [6.45, 7) is 4.02. The van der Waals surface area contributed by atoms with Crippen molar-refractivity contribution in [3.8, 4) is 0 Å². The van der Waals surface area contributed by atoms with Crippen molar-refractivity contribution in [2.45, 2.75) is 63.8 Å². The molecule has 2 aromatic heterocycles. The predicted molar refractivity (Wildman–Crippen MR) is 148 cm³/mol. The minimum atomic E-state index is -0.912. The number of hydrogen-bond donors (Lipinski definition) is 3. The van der Waals surface area contributed by atoms with Crippen LogP contribution in [-0.2, 0) is 38.6 Å². The van der Waals surface area contributed by atoms with Crippen LogP contribution in [-0.4, -0.2) is 73.2 Å². The van der Waals surface area contributed by atoms with Gasteiger partial charge in [-0.05, 0) is 23.1 Å². The summed E-state index contributed by atoms with van der Waals surface area (Å²) in [5.41, 5.74) is 2.14. The van der Waals surface area contributed by atoms with Crippen LogP contribution in [0, 0.1) is 5.92 Å². The summed E-state index contributed by atoms with van der Waals surface area (Å²) in [7, 11) is 0. The minimum Gasteiger partial charge on any atom is -0.349 e. The van der Waals surface area contributed by atoms with Crippen LogP contribution in [0.25, 0.3) is 0 Å². The molecule has 2 aliphatic heterocycles. The lowest BCUT2D eigenvalue weighted by atomic mass is 10.00. The Hall–Kier alpha value is -4.61. The van der Waals surface area contributed by atoms with Gasteiger partial charge in [0.2, 0.25) is 23.6 Å². The molecular formula is C29H34N8O4. The van der Waals surface area contributed by atoms with Gasteiger partial charge in [0, 0.05) is 31.8 Å². The molecule has 214 valence electrons. The topological polar surface area (TPSA) is 151 Å². The first kappa shape index (κ1) is 27.9. The lowest BCUT2D eigenvalue weighted by molar-refractivity contribution is -0.139. The number of aromatic nitrogens is 4. The van der Waals surface area contributed by atoms with E-state index in [1.54, 1.807) is 34.2 Å². The second kappa shape index (κ2) is 12.3. The van der Waals surface area contributed by atoms with Crippen molar-refractivity contribution in [2.24, 2.45) is 5.92 Å². The number of amides is 4. The Morgan fingerprint density at radius 3 is 2.51 bits per heavy atom. The molecule has 1 aromatic carbocycles. The molecule has 5 rings (SSSR count). The molecule has 0 aliphatic carbocycles. The van der Waals surface area contributed by atoms with Crippen LogP contribution in [0.5, 0.6) is 0 Å². The maximum atomic E-state index is 13.7. The lowest BCUT2D eigenvalue weighted by Gasteiger charge is -2.29. The fraction of sp³-hybridized carbons (Fsp3) is 0.414. The molecule has 4 heterocycles. The predicted octanol–water partition coefficient (Wildman–Crippen LogP) is 0.556. The second-order valence-corrected chi connectivity index (χ2v) is 10.9. The van der Waals surface area contributed by atoms with Crippen molar-refractivity contribution in [2.75, 3.05) is 6.54 Å². The Labute approximate surface area is 237 Å². The second-order valence-electron chi connectivity index (χ2n) is 10.9. The summed E-state index contributed by atoms with van der Waals surface area (Å²) in [4.78, 5) is 59.6. The van der Waals surface area contributed by atoms with E-state index in [0.29, 0.717) is 12.1 Å². The average molecular weight is 559 g/mol. The molecule has 0 unspecified atom stereocenters. The number of benzene rings is 1. The molecule has 12 nitrogen and oxygen atoms in total. The SMILES string of the molecule is CC(C)[C@@H]1NC(=O)[C@@H]2C[C@@H](CN2C(=O)Cc2cccnc2)n2cc(nn2)CNC(=O)[C@@H](Cc2ccccc2)NC1=O. The number of hydrogen-bond acceptors (Lipinski definition) is 7.